The van der Waals surface area contributed by atoms with Crippen LogP contribution < -0.4 is 10.6 Å². The van der Waals surface area contributed by atoms with Gasteiger partial charge in [0.1, 0.15) is 0 Å². The van der Waals surface area contributed by atoms with Crippen molar-refractivity contribution in [2.75, 3.05) is 18.4 Å². The maximum atomic E-state index is 12.1. The third-order valence-electron chi connectivity index (χ3n) is 2.78. The van der Waals surface area contributed by atoms with E-state index in [4.69, 9.17) is 0 Å². The van der Waals surface area contributed by atoms with E-state index < -0.39 is 0 Å². The number of rotatable bonds is 7. The molecule has 0 saturated heterocycles. The van der Waals surface area contributed by atoms with Crippen LogP contribution in [0.5, 0.6) is 0 Å². The van der Waals surface area contributed by atoms with Crippen molar-refractivity contribution in [3.05, 3.63) is 40.6 Å². The van der Waals surface area contributed by atoms with Crippen molar-refractivity contribution < 1.29 is 4.79 Å². The molecule has 0 aliphatic carbocycles. The quantitative estimate of drug-likeness (QED) is 0.821. The summed E-state index contributed by atoms with van der Waals surface area (Å²) in [4.78, 5) is 20.4. The van der Waals surface area contributed by atoms with E-state index in [1.807, 2.05) is 11.4 Å². The van der Waals surface area contributed by atoms with Crippen LogP contribution in [-0.4, -0.2) is 29.0 Å². The van der Waals surface area contributed by atoms with Gasteiger partial charge in [0.2, 0.25) is 0 Å². The number of carbonyl (C=O) groups is 1. The highest BCUT2D eigenvalue weighted by Crippen LogP contribution is 2.13. The van der Waals surface area contributed by atoms with Crippen molar-refractivity contribution in [3.8, 4) is 0 Å². The Kier molecular flexibility index (Phi) is 5.49. The van der Waals surface area contributed by atoms with Crippen molar-refractivity contribution in [2.24, 2.45) is 0 Å². The Morgan fingerprint density at radius 2 is 2.30 bits per heavy atom. The van der Waals surface area contributed by atoms with Gasteiger partial charge in [-0.1, -0.05) is 6.92 Å². The topological polar surface area (TPSA) is 66.9 Å². The van der Waals surface area contributed by atoms with Gasteiger partial charge < -0.3 is 10.6 Å². The SMILES string of the molecule is CCCNc1ccncc1C(=O)NCCc1cscn1. The first-order valence-electron chi connectivity index (χ1n) is 6.64. The number of carbonyl (C=O) groups excluding carboxylic acids is 1. The zero-order valence-corrected chi connectivity index (χ0v) is 12.2. The predicted molar refractivity (Wildman–Crippen MR) is 81.2 cm³/mol. The van der Waals surface area contributed by atoms with Gasteiger partial charge in [-0.25, -0.2) is 4.98 Å². The fourth-order valence-electron chi connectivity index (χ4n) is 1.75. The molecule has 0 spiro atoms. The minimum Gasteiger partial charge on any atom is -0.384 e. The Morgan fingerprint density at radius 3 is 3.05 bits per heavy atom. The minimum absolute atomic E-state index is 0.105. The Balaban J connectivity index is 1.91. The number of aromatic nitrogens is 2. The normalized spacial score (nSPS) is 10.2. The summed E-state index contributed by atoms with van der Waals surface area (Å²) in [5.41, 5.74) is 4.21. The highest BCUT2D eigenvalue weighted by atomic mass is 32.1. The zero-order valence-electron chi connectivity index (χ0n) is 11.4. The Morgan fingerprint density at radius 1 is 1.40 bits per heavy atom. The first kappa shape index (κ1) is 14.5. The van der Waals surface area contributed by atoms with Gasteiger partial charge in [0.25, 0.3) is 5.91 Å². The average molecular weight is 290 g/mol. The van der Waals surface area contributed by atoms with E-state index in [-0.39, 0.29) is 5.91 Å². The van der Waals surface area contributed by atoms with Gasteiger partial charge in [-0.15, -0.1) is 11.3 Å². The minimum atomic E-state index is -0.105. The number of pyridine rings is 1. The number of anilines is 1. The molecule has 0 aromatic carbocycles. The van der Waals surface area contributed by atoms with Gasteiger partial charge in [0, 0.05) is 37.3 Å². The Bertz CT molecular complexity index is 542. The zero-order chi connectivity index (χ0) is 14.2. The highest BCUT2D eigenvalue weighted by molar-refractivity contribution is 7.07. The van der Waals surface area contributed by atoms with Gasteiger partial charge in [-0.3, -0.25) is 9.78 Å². The number of thiazole rings is 1. The summed E-state index contributed by atoms with van der Waals surface area (Å²) < 4.78 is 0. The van der Waals surface area contributed by atoms with Crippen molar-refractivity contribution in [1.29, 1.82) is 0 Å². The first-order valence-corrected chi connectivity index (χ1v) is 7.58. The number of nitrogens with zero attached hydrogens (tertiary/aromatic N) is 2. The Hall–Kier alpha value is -1.95. The van der Waals surface area contributed by atoms with E-state index >= 15 is 0 Å². The standard InChI is InChI=1S/C14H18N4OS/c1-2-5-16-13-4-6-15-8-12(13)14(19)17-7-3-11-9-20-10-18-11/h4,6,8-10H,2-3,5,7H2,1H3,(H,15,16)(H,17,19). The molecule has 0 fully saturated rings. The summed E-state index contributed by atoms with van der Waals surface area (Å²) in [6, 6.07) is 1.82. The molecule has 0 saturated carbocycles. The van der Waals surface area contributed by atoms with Crippen LogP contribution in [0.1, 0.15) is 29.4 Å². The fourth-order valence-corrected chi connectivity index (χ4v) is 2.34. The van der Waals surface area contributed by atoms with E-state index in [0.29, 0.717) is 12.1 Å². The molecule has 20 heavy (non-hydrogen) atoms. The van der Waals surface area contributed by atoms with Crippen LogP contribution in [0.25, 0.3) is 0 Å². The molecule has 0 bridgehead atoms. The van der Waals surface area contributed by atoms with Crippen molar-refractivity contribution in [1.82, 2.24) is 15.3 Å². The molecule has 0 radical (unpaired) electrons. The monoisotopic (exact) mass is 290 g/mol. The van der Waals surface area contributed by atoms with E-state index in [2.05, 4.69) is 27.5 Å². The lowest BCUT2D eigenvalue weighted by atomic mass is 10.2. The maximum Gasteiger partial charge on any atom is 0.254 e. The van der Waals surface area contributed by atoms with Crippen molar-refractivity contribution >= 4 is 22.9 Å². The van der Waals surface area contributed by atoms with Gasteiger partial charge in [0.15, 0.2) is 0 Å². The number of hydrogen-bond acceptors (Lipinski definition) is 5. The molecule has 2 heterocycles. The number of amides is 1. The van der Waals surface area contributed by atoms with Gasteiger partial charge >= 0.3 is 0 Å². The van der Waals surface area contributed by atoms with E-state index in [1.165, 1.54) is 0 Å². The lowest BCUT2D eigenvalue weighted by Crippen LogP contribution is -2.26. The average Bonchev–Trinajstić information content (AvgIpc) is 2.98. The van der Waals surface area contributed by atoms with Gasteiger partial charge in [-0.2, -0.15) is 0 Å². The molecular formula is C14H18N4OS. The first-order chi connectivity index (χ1) is 9.81. The summed E-state index contributed by atoms with van der Waals surface area (Å²) in [5.74, 6) is -0.105. The summed E-state index contributed by atoms with van der Waals surface area (Å²) in [7, 11) is 0. The fraction of sp³-hybridized carbons (Fsp3) is 0.357. The summed E-state index contributed by atoms with van der Waals surface area (Å²) in [6.07, 6.45) is 5.03. The second-order valence-corrected chi connectivity index (χ2v) is 5.05. The molecule has 0 atom stereocenters. The molecule has 0 unspecified atom stereocenters. The van der Waals surface area contributed by atoms with E-state index in [1.54, 1.807) is 29.2 Å². The van der Waals surface area contributed by atoms with Crippen LogP contribution in [0.4, 0.5) is 5.69 Å². The second-order valence-electron chi connectivity index (χ2n) is 4.33. The van der Waals surface area contributed by atoms with Crippen LogP contribution >= 0.6 is 11.3 Å². The molecule has 2 aromatic rings. The molecule has 6 heteroatoms. The molecule has 2 N–H and O–H groups in total. The third-order valence-corrected chi connectivity index (χ3v) is 3.42. The van der Waals surface area contributed by atoms with Crippen LogP contribution in [0.3, 0.4) is 0 Å². The predicted octanol–water partition coefficient (Wildman–Crippen LogP) is 2.33. The molecule has 0 aliphatic rings. The molecule has 0 aliphatic heterocycles. The molecule has 1 amide bonds. The van der Waals surface area contributed by atoms with Crippen molar-refractivity contribution in [2.45, 2.75) is 19.8 Å². The summed E-state index contributed by atoms with van der Waals surface area (Å²) in [6.45, 7) is 3.50. The number of hydrogen-bond donors (Lipinski definition) is 2. The smallest absolute Gasteiger partial charge is 0.254 e. The lowest BCUT2D eigenvalue weighted by Gasteiger charge is -2.10. The van der Waals surface area contributed by atoms with Crippen LogP contribution in [0.15, 0.2) is 29.4 Å². The molecule has 2 rings (SSSR count). The van der Waals surface area contributed by atoms with Crippen LogP contribution in [-0.2, 0) is 6.42 Å². The van der Waals surface area contributed by atoms with Crippen LogP contribution in [0, 0.1) is 0 Å². The largest absolute Gasteiger partial charge is 0.384 e. The Labute approximate surface area is 122 Å². The van der Waals surface area contributed by atoms with Gasteiger partial charge in [0.05, 0.1) is 22.5 Å². The van der Waals surface area contributed by atoms with E-state index in [9.17, 15) is 4.79 Å². The molecule has 106 valence electrons. The lowest BCUT2D eigenvalue weighted by molar-refractivity contribution is 0.0954. The van der Waals surface area contributed by atoms with Crippen LogP contribution in [0.2, 0.25) is 0 Å². The molecule has 5 nitrogen and oxygen atoms in total. The second kappa shape index (κ2) is 7.59. The number of nitrogens with one attached hydrogen (secondary N) is 2. The summed E-state index contributed by atoms with van der Waals surface area (Å²) >= 11 is 1.56. The third kappa shape index (κ3) is 4.03. The molecular weight excluding hydrogens is 272 g/mol. The maximum absolute atomic E-state index is 12.1. The van der Waals surface area contributed by atoms with Gasteiger partial charge in [-0.05, 0) is 12.5 Å². The highest BCUT2D eigenvalue weighted by Gasteiger charge is 2.10. The van der Waals surface area contributed by atoms with Crippen molar-refractivity contribution in [3.63, 3.8) is 0 Å². The summed E-state index contributed by atoms with van der Waals surface area (Å²) in [5, 5.41) is 8.13. The molecule has 2 aromatic heterocycles. The van der Waals surface area contributed by atoms with E-state index in [0.717, 1.165) is 30.8 Å².